The number of hydrogen-bond donors (Lipinski definition) is 2. The van der Waals surface area contributed by atoms with Crippen LogP contribution in [0.3, 0.4) is 0 Å². The maximum Gasteiger partial charge on any atom is 0.435 e. The van der Waals surface area contributed by atoms with Crippen molar-refractivity contribution in [3.63, 3.8) is 0 Å². The number of nitrogens with zero attached hydrogens (tertiary/aromatic N) is 4. The molecule has 0 radical (unpaired) electrons. The van der Waals surface area contributed by atoms with E-state index in [4.69, 9.17) is 9.88 Å². The van der Waals surface area contributed by atoms with Crippen LogP contribution in [0.2, 0.25) is 0 Å². The molecule has 226 valence electrons. The molecule has 0 saturated carbocycles. The first-order valence-corrected chi connectivity index (χ1v) is 13.4. The molecular weight excluding hydrogens is 589 g/mol. The number of ether oxygens (including phenoxy) is 2. The summed E-state index contributed by atoms with van der Waals surface area (Å²) in [4.78, 5) is 39.2. The van der Waals surface area contributed by atoms with E-state index in [1.165, 1.54) is 50.4 Å². The van der Waals surface area contributed by atoms with Crippen molar-refractivity contribution >= 4 is 22.0 Å². The highest BCUT2D eigenvalue weighted by Crippen LogP contribution is 2.33. The molecule has 3 N–H and O–H groups in total. The van der Waals surface area contributed by atoms with Crippen molar-refractivity contribution in [3.05, 3.63) is 70.8 Å². The molecule has 2 aromatic carbocycles. The fourth-order valence-electron chi connectivity index (χ4n) is 3.36. The number of sulfonamides is 1. The largest absolute Gasteiger partial charge is 0.463 e. The van der Waals surface area contributed by atoms with Crippen LogP contribution in [0, 0.1) is 4.91 Å². The Kier molecular flexibility index (Phi) is 10.2. The zero-order chi connectivity index (χ0) is 31.1. The third kappa shape index (κ3) is 8.98. The van der Waals surface area contributed by atoms with Crippen LogP contribution in [0.1, 0.15) is 18.2 Å². The molecule has 0 bridgehead atoms. The molecule has 3 aromatic rings. The molecule has 0 aliphatic heterocycles. The normalized spacial score (nSPS) is 11.6. The minimum atomic E-state index is -4.74. The maximum absolute atomic E-state index is 13.5. The summed E-state index contributed by atoms with van der Waals surface area (Å²) in [5, 5.41) is 9.82. The Labute approximate surface area is 237 Å². The number of carbonyl (C=O) groups is 2. The summed E-state index contributed by atoms with van der Waals surface area (Å²) in [6.07, 6.45) is -4.90. The van der Waals surface area contributed by atoms with Crippen LogP contribution in [0.5, 0.6) is 0 Å². The first-order valence-electron chi connectivity index (χ1n) is 11.9. The van der Waals surface area contributed by atoms with E-state index in [0.717, 1.165) is 27.9 Å². The monoisotopic (exact) mass is 615 g/mol. The standard InChI is InChI=1S/C24H26F3N6O8S/c1-16(34)40-15-41-30-33(36)31(2)11-12-39-23(35)13-17-3-5-18(6-4-17)21-14-22(24(25,26)27)29-32(21)19-7-9-20(10-8-19)42(28,37)38/h3-10,14H,11-13,15H2,1-2H3,(H,30,36)(H2,28,37,38)/q+1. The summed E-state index contributed by atoms with van der Waals surface area (Å²) < 4.78 is 74.0. The lowest BCUT2D eigenvalue weighted by Gasteiger charge is -2.10. The Morgan fingerprint density at radius 2 is 1.74 bits per heavy atom. The molecule has 0 aliphatic rings. The van der Waals surface area contributed by atoms with E-state index in [-0.39, 0.29) is 40.8 Å². The van der Waals surface area contributed by atoms with Crippen LogP contribution < -0.4 is 10.7 Å². The summed E-state index contributed by atoms with van der Waals surface area (Å²) in [7, 11) is -2.63. The highest BCUT2D eigenvalue weighted by Gasteiger charge is 2.35. The van der Waals surface area contributed by atoms with E-state index in [2.05, 4.69) is 14.7 Å². The molecule has 1 aromatic heterocycles. The van der Waals surface area contributed by atoms with Crippen molar-refractivity contribution < 1.29 is 50.5 Å². The van der Waals surface area contributed by atoms with Crippen LogP contribution in [0.15, 0.2) is 59.5 Å². The van der Waals surface area contributed by atoms with Gasteiger partial charge < -0.3 is 9.47 Å². The van der Waals surface area contributed by atoms with Gasteiger partial charge in [0.1, 0.15) is 13.2 Å². The van der Waals surface area contributed by atoms with Crippen LogP contribution in [0.4, 0.5) is 13.2 Å². The number of hydrazine groups is 2. The van der Waals surface area contributed by atoms with Crippen LogP contribution in [-0.2, 0) is 46.5 Å². The van der Waals surface area contributed by atoms with Gasteiger partial charge in [0.05, 0.1) is 34.7 Å². The summed E-state index contributed by atoms with van der Waals surface area (Å²) in [5.74, 6) is -1.21. The van der Waals surface area contributed by atoms with Gasteiger partial charge in [0.25, 0.3) is 4.98 Å². The van der Waals surface area contributed by atoms with E-state index >= 15 is 0 Å². The number of nitroso groups, excluding NO2 is 1. The minimum Gasteiger partial charge on any atom is -0.463 e. The number of nitrogens with one attached hydrogen (secondary N) is 1. The summed E-state index contributed by atoms with van der Waals surface area (Å²) in [5.41, 5.74) is 1.86. The lowest BCUT2D eigenvalue weighted by Crippen LogP contribution is -2.41. The molecule has 0 unspecified atom stereocenters. The molecule has 0 fully saturated rings. The molecule has 0 amide bonds. The Morgan fingerprint density at radius 1 is 1.10 bits per heavy atom. The topological polar surface area (TPSA) is 175 Å². The van der Waals surface area contributed by atoms with Crippen molar-refractivity contribution in [1.29, 1.82) is 0 Å². The highest BCUT2D eigenvalue weighted by molar-refractivity contribution is 7.89. The number of primary sulfonamides is 1. The fraction of sp³-hybridized carbons (Fsp3) is 0.292. The lowest BCUT2D eigenvalue weighted by molar-refractivity contribution is -0.785. The smallest absolute Gasteiger partial charge is 0.435 e. The lowest BCUT2D eigenvalue weighted by atomic mass is 10.1. The number of carbonyl (C=O) groups excluding carboxylic acids is 2. The van der Waals surface area contributed by atoms with Crippen LogP contribution in [0.25, 0.3) is 16.9 Å². The second-order valence-corrected chi connectivity index (χ2v) is 10.2. The Morgan fingerprint density at radius 3 is 2.31 bits per heavy atom. The summed E-state index contributed by atoms with van der Waals surface area (Å²) in [6.45, 7) is 0.512. The van der Waals surface area contributed by atoms with Crippen molar-refractivity contribution in [3.8, 4) is 16.9 Å². The second-order valence-electron chi connectivity index (χ2n) is 8.60. The molecule has 0 aliphatic carbocycles. The molecule has 0 spiro atoms. The number of halogens is 3. The highest BCUT2D eigenvalue weighted by atomic mass is 32.2. The van der Waals surface area contributed by atoms with Gasteiger partial charge in [-0.2, -0.15) is 23.1 Å². The number of esters is 2. The number of hydrogen-bond acceptors (Lipinski definition) is 9. The van der Waals surface area contributed by atoms with Gasteiger partial charge in [-0.3, -0.25) is 9.59 Å². The van der Waals surface area contributed by atoms with Gasteiger partial charge in [-0.05, 0) is 35.9 Å². The Bertz CT molecular complexity index is 1530. The average molecular weight is 616 g/mol. The summed E-state index contributed by atoms with van der Waals surface area (Å²) in [6, 6.07) is 11.8. The van der Waals surface area contributed by atoms with Crippen molar-refractivity contribution in [1.82, 2.24) is 20.4 Å². The Hall–Kier alpha value is -4.55. The molecule has 0 atom stereocenters. The van der Waals surface area contributed by atoms with Gasteiger partial charge in [0.2, 0.25) is 16.8 Å². The third-order valence-electron chi connectivity index (χ3n) is 5.46. The van der Waals surface area contributed by atoms with Crippen LogP contribution in [-0.4, -0.2) is 67.1 Å². The first-order chi connectivity index (χ1) is 19.6. The number of rotatable bonds is 13. The van der Waals surface area contributed by atoms with Crippen molar-refractivity contribution in [2.24, 2.45) is 5.14 Å². The SMILES string of the molecule is CC(=O)OCON[N+](=O)N(C)CCOC(=O)Cc1ccc(-c2cc(C(F)(F)F)nn2-c2ccc(S(N)(=O)=O)cc2)cc1. The number of nitrogens with two attached hydrogens (primary N) is 1. The number of benzene rings is 2. The van der Waals surface area contributed by atoms with Gasteiger partial charge >= 0.3 is 18.1 Å². The molecular formula is C24H26F3N6O8S+. The Balaban J connectivity index is 1.63. The number of likely N-dealkylation sites (N-methyl/N-ethyl adjacent to an activating group) is 1. The predicted octanol–water partition coefficient (Wildman–Crippen LogP) is 1.87. The van der Waals surface area contributed by atoms with Gasteiger partial charge in [0, 0.05) is 18.1 Å². The molecule has 14 nitrogen and oxygen atoms in total. The first kappa shape index (κ1) is 32.0. The number of alkyl halides is 3. The molecule has 18 heteroatoms. The average Bonchev–Trinajstić information content (AvgIpc) is 3.37. The summed E-state index contributed by atoms with van der Waals surface area (Å²) >= 11 is 0. The maximum atomic E-state index is 13.5. The molecule has 0 saturated heterocycles. The van der Waals surface area contributed by atoms with Gasteiger partial charge in [-0.15, -0.1) is 5.01 Å². The predicted molar refractivity (Wildman–Crippen MR) is 137 cm³/mol. The third-order valence-corrected chi connectivity index (χ3v) is 6.39. The van der Waals surface area contributed by atoms with Gasteiger partial charge in [-0.1, -0.05) is 24.3 Å². The minimum absolute atomic E-state index is 0.0121. The molecule has 3 rings (SSSR count). The molecule has 42 heavy (non-hydrogen) atoms. The molecule has 1 heterocycles. The van der Waals surface area contributed by atoms with Crippen molar-refractivity contribution in [2.45, 2.75) is 24.4 Å². The fourth-order valence-corrected chi connectivity index (χ4v) is 3.87. The zero-order valence-corrected chi connectivity index (χ0v) is 23.0. The van der Waals surface area contributed by atoms with E-state index in [0.29, 0.717) is 11.1 Å². The van der Waals surface area contributed by atoms with E-state index in [9.17, 15) is 36.1 Å². The zero-order valence-electron chi connectivity index (χ0n) is 22.2. The van der Waals surface area contributed by atoms with Gasteiger partial charge in [0.15, 0.2) is 5.69 Å². The van der Waals surface area contributed by atoms with E-state index in [1.54, 1.807) is 0 Å². The second kappa shape index (κ2) is 13.4. The number of aromatic nitrogens is 2. The van der Waals surface area contributed by atoms with Crippen LogP contribution >= 0.6 is 0 Å². The van der Waals surface area contributed by atoms with E-state index < -0.39 is 40.6 Å². The van der Waals surface area contributed by atoms with Gasteiger partial charge in [-0.25, -0.2) is 18.2 Å². The van der Waals surface area contributed by atoms with E-state index in [1.807, 2.05) is 5.59 Å². The quantitative estimate of drug-likeness (QED) is 0.0944. The van der Waals surface area contributed by atoms with Crippen molar-refractivity contribution in [2.75, 3.05) is 27.0 Å².